The molecular formula is C12H19N3O2. The standard InChI is InChI=1S/C12H19N3O2/c1-14-8-10(11(16)15(2)12(14)17)4-3-9-5-6-13-7-9/h8-9,13H,3-7H2,1-2H3. The SMILES string of the molecule is Cn1cc(CCC2CCNC2)c(=O)n(C)c1=O. The molecule has 0 bridgehead atoms. The maximum absolute atomic E-state index is 11.9. The lowest BCUT2D eigenvalue weighted by molar-refractivity contribution is 0.526. The van der Waals surface area contributed by atoms with Crippen LogP contribution in [-0.2, 0) is 20.5 Å². The monoisotopic (exact) mass is 237 g/mol. The molecule has 1 aromatic rings. The van der Waals surface area contributed by atoms with Crippen LogP contribution in [0.15, 0.2) is 15.8 Å². The van der Waals surface area contributed by atoms with E-state index in [9.17, 15) is 9.59 Å². The van der Waals surface area contributed by atoms with Crippen molar-refractivity contribution >= 4 is 0 Å². The Kier molecular flexibility index (Phi) is 3.47. The first-order valence-corrected chi connectivity index (χ1v) is 6.06. The van der Waals surface area contributed by atoms with Gasteiger partial charge in [0.25, 0.3) is 5.56 Å². The normalized spacial score (nSPS) is 19.8. The Morgan fingerprint density at radius 3 is 2.82 bits per heavy atom. The molecule has 17 heavy (non-hydrogen) atoms. The summed E-state index contributed by atoms with van der Waals surface area (Å²) in [7, 11) is 3.22. The number of nitrogens with zero attached hydrogens (tertiary/aromatic N) is 2. The van der Waals surface area contributed by atoms with Crippen LogP contribution in [0.3, 0.4) is 0 Å². The second kappa shape index (κ2) is 4.87. The number of aryl methyl sites for hydroxylation is 2. The zero-order chi connectivity index (χ0) is 12.4. The second-order valence-corrected chi connectivity index (χ2v) is 4.81. The van der Waals surface area contributed by atoms with Crippen LogP contribution in [-0.4, -0.2) is 22.2 Å². The van der Waals surface area contributed by atoms with Gasteiger partial charge in [0, 0.05) is 25.9 Å². The molecule has 5 nitrogen and oxygen atoms in total. The minimum absolute atomic E-state index is 0.154. The summed E-state index contributed by atoms with van der Waals surface area (Å²) in [5, 5.41) is 3.32. The van der Waals surface area contributed by atoms with E-state index in [0.717, 1.165) is 31.5 Å². The van der Waals surface area contributed by atoms with Crippen LogP contribution in [0, 0.1) is 5.92 Å². The highest BCUT2D eigenvalue weighted by atomic mass is 16.2. The molecule has 1 unspecified atom stereocenters. The highest BCUT2D eigenvalue weighted by Crippen LogP contribution is 2.14. The van der Waals surface area contributed by atoms with Crippen molar-refractivity contribution in [3.63, 3.8) is 0 Å². The Balaban J connectivity index is 2.15. The molecule has 0 amide bonds. The number of nitrogens with one attached hydrogen (secondary N) is 1. The molecule has 2 rings (SSSR count). The van der Waals surface area contributed by atoms with Crippen molar-refractivity contribution in [2.24, 2.45) is 20.0 Å². The predicted octanol–water partition coefficient (Wildman–Crippen LogP) is -0.374. The summed E-state index contributed by atoms with van der Waals surface area (Å²) >= 11 is 0. The highest BCUT2D eigenvalue weighted by molar-refractivity contribution is 5.06. The van der Waals surface area contributed by atoms with E-state index in [1.165, 1.54) is 22.6 Å². The van der Waals surface area contributed by atoms with Gasteiger partial charge in [-0.25, -0.2) is 4.79 Å². The maximum Gasteiger partial charge on any atom is 0.330 e. The van der Waals surface area contributed by atoms with Crippen LogP contribution in [0.2, 0.25) is 0 Å². The van der Waals surface area contributed by atoms with Crippen LogP contribution >= 0.6 is 0 Å². The fourth-order valence-electron chi connectivity index (χ4n) is 2.38. The number of rotatable bonds is 3. The van der Waals surface area contributed by atoms with E-state index < -0.39 is 0 Å². The van der Waals surface area contributed by atoms with E-state index in [1.54, 1.807) is 13.2 Å². The summed E-state index contributed by atoms with van der Waals surface area (Å²) in [5.41, 5.74) is 0.321. The number of hydrogen-bond donors (Lipinski definition) is 1. The van der Waals surface area contributed by atoms with Gasteiger partial charge < -0.3 is 9.88 Å². The summed E-state index contributed by atoms with van der Waals surface area (Å²) in [4.78, 5) is 23.4. The van der Waals surface area contributed by atoms with E-state index in [4.69, 9.17) is 0 Å². The number of hydrogen-bond acceptors (Lipinski definition) is 3. The third-order valence-corrected chi connectivity index (χ3v) is 3.50. The molecular weight excluding hydrogens is 218 g/mol. The molecule has 1 atom stereocenters. The lowest BCUT2D eigenvalue weighted by atomic mass is 10.0. The van der Waals surface area contributed by atoms with Gasteiger partial charge in [-0.2, -0.15) is 0 Å². The van der Waals surface area contributed by atoms with Gasteiger partial charge in [0.15, 0.2) is 0 Å². The topological polar surface area (TPSA) is 56.0 Å². The Morgan fingerprint density at radius 2 is 2.18 bits per heavy atom. The van der Waals surface area contributed by atoms with Gasteiger partial charge in [-0.05, 0) is 38.3 Å². The van der Waals surface area contributed by atoms with Gasteiger partial charge >= 0.3 is 5.69 Å². The molecule has 2 heterocycles. The average Bonchev–Trinajstić information content (AvgIpc) is 2.82. The van der Waals surface area contributed by atoms with Crippen molar-refractivity contribution < 1.29 is 0 Å². The molecule has 1 aromatic heterocycles. The van der Waals surface area contributed by atoms with Gasteiger partial charge in [-0.3, -0.25) is 9.36 Å². The molecule has 1 N–H and O–H groups in total. The maximum atomic E-state index is 11.9. The van der Waals surface area contributed by atoms with Crippen molar-refractivity contribution in [2.45, 2.75) is 19.3 Å². The third kappa shape index (κ3) is 2.49. The van der Waals surface area contributed by atoms with E-state index in [0.29, 0.717) is 5.92 Å². The summed E-state index contributed by atoms with van der Waals surface area (Å²) < 4.78 is 2.66. The van der Waals surface area contributed by atoms with Gasteiger partial charge in [0.2, 0.25) is 0 Å². The van der Waals surface area contributed by atoms with Crippen LogP contribution in [0.1, 0.15) is 18.4 Å². The fraction of sp³-hybridized carbons (Fsp3) is 0.667. The Labute approximate surface area is 100 Å². The summed E-state index contributed by atoms with van der Waals surface area (Å²) in [5.74, 6) is 0.664. The van der Waals surface area contributed by atoms with Crippen molar-refractivity contribution in [3.05, 3.63) is 32.6 Å². The first kappa shape index (κ1) is 12.1. The van der Waals surface area contributed by atoms with Gasteiger partial charge in [-0.1, -0.05) is 0 Å². The summed E-state index contributed by atoms with van der Waals surface area (Å²) in [6, 6.07) is 0. The lowest BCUT2D eigenvalue weighted by Gasteiger charge is -2.09. The van der Waals surface area contributed by atoms with Crippen LogP contribution in [0.5, 0.6) is 0 Å². The van der Waals surface area contributed by atoms with Crippen LogP contribution in [0.25, 0.3) is 0 Å². The molecule has 0 saturated carbocycles. The minimum atomic E-state index is -0.263. The number of aromatic nitrogens is 2. The third-order valence-electron chi connectivity index (χ3n) is 3.50. The Hall–Kier alpha value is -1.36. The van der Waals surface area contributed by atoms with Gasteiger partial charge in [-0.15, -0.1) is 0 Å². The summed E-state index contributed by atoms with van der Waals surface area (Å²) in [6.45, 7) is 2.13. The van der Waals surface area contributed by atoms with Crippen molar-refractivity contribution in [1.82, 2.24) is 14.5 Å². The van der Waals surface area contributed by atoms with Gasteiger partial charge in [0.05, 0.1) is 0 Å². The zero-order valence-electron chi connectivity index (χ0n) is 10.4. The van der Waals surface area contributed by atoms with Gasteiger partial charge in [0.1, 0.15) is 0 Å². The summed E-state index contributed by atoms with van der Waals surface area (Å²) in [6.07, 6.45) is 4.63. The smallest absolute Gasteiger partial charge is 0.316 e. The molecule has 1 aliphatic rings. The molecule has 0 radical (unpaired) electrons. The largest absolute Gasteiger partial charge is 0.330 e. The van der Waals surface area contributed by atoms with Crippen LogP contribution < -0.4 is 16.6 Å². The minimum Gasteiger partial charge on any atom is -0.316 e. The second-order valence-electron chi connectivity index (χ2n) is 4.81. The average molecular weight is 237 g/mol. The highest BCUT2D eigenvalue weighted by Gasteiger charge is 2.15. The quantitative estimate of drug-likeness (QED) is 0.780. The zero-order valence-corrected chi connectivity index (χ0v) is 10.4. The van der Waals surface area contributed by atoms with Crippen LogP contribution in [0.4, 0.5) is 0 Å². The fourth-order valence-corrected chi connectivity index (χ4v) is 2.38. The van der Waals surface area contributed by atoms with E-state index >= 15 is 0 Å². The Bertz CT molecular complexity index is 509. The van der Waals surface area contributed by atoms with Crippen molar-refractivity contribution in [1.29, 1.82) is 0 Å². The molecule has 1 saturated heterocycles. The molecule has 94 valence electrons. The predicted molar refractivity (Wildman–Crippen MR) is 66.2 cm³/mol. The first-order chi connectivity index (χ1) is 8.09. The van der Waals surface area contributed by atoms with E-state index in [1.807, 2.05) is 0 Å². The van der Waals surface area contributed by atoms with E-state index in [-0.39, 0.29) is 11.2 Å². The first-order valence-electron chi connectivity index (χ1n) is 6.06. The molecule has 1 fully saturated rings. The molecule has 0 aromatic carbocycles. The molecule has 1 aliphatic heterocycles. The lowest BCUT2D eigenvalue weighted by Crippen LogP contribution is -2.38. The molecule has 0 aliphatic carbocycles. The molecule has 0 spiro atoms. The van der Waals surface area contributed by atoms with Crippen molar-refractivity contribution in [3.8, 4) is 0 Å². The van der Waals surface area contributed by atoms with E-state index in [2.05, 4.69) is 5.32 Å². The van der Waals surface area contributed by atoms with Crippen molar-refractivity contribution in [2.75, 3.05) is 13.1 Å². The molecule has 5 heteroatoms. The Morgan fingerprint density at radius 1 is 1.41 bits per heavy atom.